The molecule has 0 spiro atoms. The van der Waals surface area contributed by atoms with Crippen LogP contribution in [0.1, 0.15) is 64.7 Å². The first-order valence-electron chi connectivity index (χ1n) is 40.7. The predicted molar refractivity (Wildman–Crippen MR) is 419 cm³/mol. The summed E-state index contributed by atoms with van der Waals surface area (Å²) < 4.78 is 117. The van der Waals surface area contributed by atoms with Gasteiger partial charge in [0.25, 0.3) is 0 Å². The van der Waals surface area contributed by atoms with Crippen LogP contribution in [0.2, 0.25) is 0 Å². The third-order valence-electron chi connectivity index (χ3n) is 23.1. The van der Waals surface area contributed by atoms with Gasteiger partial charge in [0.05, 0.1) is 76.7 Å². The second-order valence-corrected chi connectivity index (χ2v) is 36.3. The number of hydrogen-bond donors (Lipinski definition) is 21. The van der Waals surface area contributed by atoms with Gasteiger partial charge in [-0.25, -0.2) is 8.42 Å². The minimum absolute atomic E-state index is 0.0134. The highest BCUT2D eigenvalue weighted by Gasteiger charge is 2.60. The molecule has 0 saturated carbocycles. The first-order chi connectivity index (χ1) is 59.2. The van der Waals surface area contributed by atoms with E-state index in [9.17, 15) is 117 Å². The summed E-state index contributed by atoms with van der Waals surface area (Å²) in [6.07, 6.45) is -58.7. The number of rotatable bonds is 23. The molecule has 124 heavy (non-hydrogen) atoms. The van der Waals surface area contributed by atoms with Crippen molar-refractivity contribution in [2.75, 3.05) is 72.9 Å². The zero-order valence-corrected chi connectivity index (χ0v) is 69.9. The van der Waals surface area contributed by atoms with E-state index in [1.165, 1.54) is 68.4 Å². The third-order valence-corrected chi connectivity index (χ3v) is 27.7. The van der Waals surface area contributed by atoms with E-state index < -0.39 is 279 Å². The van der Waals surface area contributed by atoms with Crippen molar-refractivity contribution in [3.05, 3.63) is 114 Å². The van der Waals surface area contributed by atoms with Gasteiger partial charge in [0.1, 0.15) is 194 Å². The standard InChI is InChI=1S/C42H70O35.C37H44O4P.CH4O3S/c43-1-8-29-15(50)22(57)36(64-8)72-30-9(2-44)66-38(24(59)17(30)52)74-32-11(4-46)68-40(26(61)19(32)54)76-34-13(6-48)70-42(28(63)21(34)56)77-35-14(7-49)69-41(27(62)20(35)55)75-33-12(5-47)67-39(25(60)18(33)53)73-31-10(3-45)65-37(71-29)23(58)16(31)51;1-29-33(35(39)37(41-3)36(40-2)34(29)38)27-19-8-6-4-5-7-9-20-28-42(30-21-13-10-14-22-30,31-23-15-11-16-24-31)32-25-17-12-18-26-32;1-5(2,3)4/h8-63H,1-7H2;10-18,21-26H,4-9,19-20,27-28H2,1-3H3;1H3,(H,2,3,4)/q;+1;/p-1/t8-,9-,10-,11-,12-,13-,14-,15-,16-,17-,18-,19-,20-,21-,22-,23-,24-,25-,26-,27-,28?,29-,30-,31-,32-,33-,34-,35-,36-,37-,38-,39-,40-,41-,42-;;/m1../s1. The molecule has 21 fully saturated rings. The molecule has 21 saturated heterocycles. The molecule has 1 unspecified atom stereocenters. The Labute approximate surface area is 713 Å². The number of benzene rings is 3. The van der Waals surface area contributed by atoms with Crippen molar-refractivity contribution < 1.29 is 206 Å². The lowest BCUT2D eigenvalue weighted by atomic mass is 9.89. The SMILES string of the molecule is COC1=C(OC)C(=O)C(CCCCCCCCCC[P+](c2ccccc2)(c2ccccc2)c2ccccc2)=C(C)C1=O.CS(=O)(=O)[O-].OC[C@H]1O[C@@H]2O[C@H]3[C@H](O)[C@@H](O)[C@@H](O[C@H]4[C@H](O)[C@@H](O)[C@@H](O[C@H]5[C@H](O)[C@@H](O)[C@@H](O[C@H]6[C@H](O)[C@@H](O)[C@@H](O[C@H]7[C@H](O)[C@@H](O)[C@@H](O[C@H]8[C@H](O)C(O)[C@@H](O[C@H]1[C@H](O)[C@H]2O)O[C@@H]8CO)O[C@@H]7CO)O[C@@H]6CO)O[C@@H]5CO)O[C@@H]4CO)O[C@@H]3CO. The number of aliphatic hydroxyl groups is 21. The van der Waals surface area contributed by atoms with Gasteiger partial charge in [-0.1, -0.05) is 86.7 Å². The van der Waals surface area contributed by atoms with Gasteiger partial charge in [0, 0.05) is 17.4 Å². The molecule has 0 amide bonds. The molecule has 14 bridgehead atoms. The summed E-state index contributed by atoms with van der Waals surface area (Å²) in [7, 11) is -2.86. The number of aliphatic hydroxyl groups excluding tert-OH is 21. The van der Waals surface area contributed by atoms with Crippen LogP contribution in [0.15, 0.2) is 114 Å². The maximum Gasteiger partial charge on any atom is 0.228 e. The van der Waals surface area contributed by atoms with Gasteiger partial charge >= 0.3 is 0 Å². The van der Waals surface area contributed by atoms with E-state index in [4.69, 9.17) is 88.8 Å². The van der Waals surface area contributed by atoms with Crippen molar-refractivity contribution in [1.29, 1.82) is 0 Å². The Kier molecular flexibility index (Phi) is 37.7. The highest BCUT2D eigenvalue weighted by Crippen LogP contribution is 2.56. The summed E-state index contributed by atoms with van der Waals surface area (Å²) in [5.74, 6) is -0.421. The van der Waals surface area contributed by atoms with Crippen LogP contribution in [-0.2, 0) is 95.5 Å². The number of Topliss-reactive ketones (excluding diaryl/α,β-unsaturated/α-hetero) is 2. The summed E-state index contributed by atoms with van der Waals surface area (Å²) in [6.45, 7) is -5.61. The largest absolute Gasteiger partial charge is 0.748 e. The lowest BCUT2D eigenvalue weighted by Crippen LogP contribution is -2.68. The summed E-state index contributed by atoms with van der Waals surface area (Å²) in [4.78, 5) is 25.4. The van der Waals surface area contributed by atoms with E-state index in [2.05, 4.69) is 91.0 Å². The molecular weight excluding hydrogens is 1700 g/mol. The summed E-state index contributed by atoms with van der Waals surface area (Å²) in [5, 5.41) is 235. The van der Waals surface area contributed by atoms with E-state index in [0.29, 0.717) is 23.8 Å². The van der Waals surface area contributed by atoms with Gasteiger partial charge in [0.15, 0.2) is 44.0 Å². The molecule has 3 aromatic rings. The summed E-state index contributed by atoms with van der Waals surface area (Å²) in [5.41, 5.74) is 1.05. The third kappa shape index (κ3) is 23.1. The monoisotopic (exact) mass is 1810 g/mol. The number of allylic oxidation sites excluding steroid dienone is 2. The van der Waals surface area contributed by atoms with Crippen molar-refractivity contribution in [1.82, 2.24) is 0 Å². The Hall–Kier alpha value is -4.98. The zero-order valence-electron chi connectivity index (χ0n) is 68.2. The van der Waals surface area contributed by atoms with Gasteiger partial charge < -0.3 is 188 Å². The highest BCUT2D eigenvalue weighted by molar-refractivity contribution is 7.95. The molecule has 22 aliphatic rings. The van der Waals surface area contributed by atoms with E-state index in [1.54, 1.807) is 6.92 Å². The van der Waals surface area contributed by atoms with Crippen molar-refractivity contribution in [2.24, 2.45) is 0 Å². The lowest BCUT2D eigenvalue weighted by molar-refractivity contribution is -0.396. The Bertz CT molecular complexity index is 3490. The second kappa shape index (κ2) is 46.2. The molecule has 1 aliphatic carbocycles. The van der Waals surface area contributed by atoms with Crippen LogP contribution in [0.4, 0.5) is 0 Å². The molecule has 0 radical (unpaired) electrons. The van der Waals surface area contributed by atoms with E-state index >= 15 is 0 Å². The van der Waals surface area contributed by atoms with Gasteiger partial charge in [-0.15, -0.1) is 0 Å². The number of unbranched alkanes of at least 4 members (excludes halogenated alkanes) is 7. The van der Waals surface area contributed by atoms with Crippen LogP contribution in [0, 0.1) is 0 Å². The maximum absolute atomic E-state index is 12.8. The van der Waals surface area contributed by atoms with Gasteiger partial charge in [0.2, 0.25) is 23.1 Å². The average Bonchev–Trinajstić information content (AvgIpc) is 0.759. The molecule has 44 heteroatoms. The minimum atomic E-state index is -3.92. The van der Waals surface area contributed by atoms with Crippen molar-refractivity contribution in [2.45, 2.75) is 280 Å². The van der Waals surface area contributed by atoms with Gasteiger partial charge in [-0.2, -0.15) is 0 Å². The average molecular weight is 1810 g/mol. The molecule has 700 valence electrons. The maximum atomic E-state index is 12.8. The van der Waals surface area contributed by atoms with Gasteiger partial charge in [-0.05, 0) is 69.0 Å². The Morgan fingerprint density at radius 2 is 0.508 bits per heavy atom. The minimum Gasteiger partial charge on any atom is -0.748 e. The molecule has 0 aromatic heterocycles. The van der Waals surface area contributed by atoms with Crippen LogP contribution in [0.5, 0.6) is 0 Å². The van der Waals surface area contributed by atoms with Crippen LogP contribution in [0.3, 0.4) is 0 Å². The zero-order chi connectivity index (χ0) is 90.3. The predicted octanol–water partition coefficient (Wildman–Crippen LogP) is -8.61. The Morgan fingerprint density at radius 3 is 0.710 bits per heavy atom. The van der Waals surface area contributed by atoms with Crippen LogP contribution in [0.25, 0.3) is 0 Å². The van der Waals surface area contributed by atoms with Crippen molar-refractivity contribution >= 4 is 44.9 Å². The lowest BCUT2D eigenvalue weighted by Gasteiger charge is -2.50. The highest BCUT2D eigenvalue weighted by atomic mass is 32.2. The number of ether oxygens (including phenoxy) is 16. The fraction of sp³-hybridized carbons (Fsp3) is 0.700. The Balaban J connectivity index is 0.000000287. The van der Waals surface area contributed by atoms with Crippen LogP contribution < -0.4 is 15.9 Å². The summed E-state index contributed by atoms with van der Waals surface area (Å²) in [6, 6.07) is 33.4. The normalized spacial score (nSPS) is 39.6. The second-order valence-electron chi connectivity index (χ2n) is 31.3. The van der Waals surface area contributed by atoms with Gasteiger partial charge in [-0.3, -0.25) is 9.59 Å². The first kappa shape index (κ1) is 101. The van der Waals surface area contributed by atoms with Crippen molar-refractivity contribution in [3.63, 3.8) is 0 Å². The fourth-order valence-corrected chi connectivity index (χ4v) is 20.9. The number of hydrogen-bond acceptors (Lipinski definition) is 42. The molecule has 35 atom stereocenters. The molecule has 25 rings (SSSR count). The quantitative estimate of drug-likeness (QED) is 0.0181. The number of methoxy groups -OCH3 is 2. The van der Waals surface area contributed by atoms with Crippen molar-refractivity contribution in [3.8, 4) is 0 Å². The first-order valence-corrected chi connectivity index (χ1v) is 44.5. The Morgan fingerprint density at radius 1 is 0.315 bits per heavy atom. The topological polar surface area (TPSA) is 664 Å². The molecular formula is C80H117O42PS. The number of ketones is 2. The number of carbonyl (C=O) groups is 2. The molecule has 3 aromatic carbocycles. The fourth-order valence-electron chi connectivity index (χ4n) is 16.5. The smallest absolute Gasteiger partial charge is 0.228 e. The van der Waals surface area contributed by atoms with Crippen LogP contribution >= 0.6 is 7.26 Å². The van der Waals surface area contributed by atoms with E-state index in [-0.39, 0.29) is 23.1 Å². The summed E-state index contributed by atoms with van der Waals surface area (Å²) >= 11 is 0. The molecule has 21 N–H and O–H groups in total. The molecule has 42 nitrogen and oxygen atoms in total. The van der Waals surface area contributed by atoms with E-state index in [0.717, 1.165) is 19.3 Å². The number of carbonyl (C=O) groups excluding carboxylic acids is 2. The van der Waals surface area contributed by atoms with Crippen LogP contribution in [-0.4, -0.2) is 420 Å². The molecule has 21 aliphatic heterocycles. The molecule has 21 heterocycles. The van der Waals surface area contributed by atoms with E-state index in [1.807, 2.05) is 0 Å².